The van der Waals surface area contributed by atoms with Gasteiger partial charge in [-0.05, 0) is 48.3 Å². The maximum atomic E-state index is 11.6. The summed E-state index contributed by atoms with van der Waals surface area (Å²) in [7, 11) is 0. The molecule has 3 fully saturated rings. The molecular weight excluding hydrogens is 238 g/mol. The van der Waals surface area contributed by atoms with Crippen LogP contribution in [0.2, 0.25) is 0 Å². The molecule has 1 saturated heterocycles. The minimum atomic E-state index is 0.123. The Morgan fingerprint density at radius 3 is 2.79 bits per heavy atom. The van der Waals surface area contributed by atoms with E-state index in [1.165, 1.54) is 12.8 Å². The fraction of sp³-hybridized carbons (Fsp3) is 0.938. The lowest BCUT2D eigenvalue weighted by atomic mass is 9.59. The molecule has 3 rings (SSSR count). The molecule has 1 aliphatic heterocycles. The summed E-state index contributed by atoms with van der Waals surface area (Å²) < 4.78 is 6.00. The summed E-state index contributed by atoms with van der Waals surface area (Å²) in [5.74, 6) is 1.52. The van der Waals surface area contributed by atoms with Crippen LogP contribution in [0.25, 0.3) is 0 Å². The van der Waals surface area contributed by atoms with Crippen LogP contribution in [0.1, 0.15) is 53.4 Å². The lowest BCUT2D eigenvalue weighted by Crippen LogP contribution is -2.59. The predicted molar refractivity (Wildman–Crippen MR) is 74.7 cm³/mol. The standard InChI is InChI=1S/C16H27NO2/c1-5-13-12-8-11-9-16(12,6-7-19-13)14(15(11,3)4)17-10(2)18/h11-14H,5-9H2,1-4H3,(H,17,18)/t11-,12-,13-,14+,16?/m1/s1. The first-order chi connectivity index (χ1) is 8.91. The smallest absolute Gasteiger partial charge is 0.217 e. The van der Waals surface area contributed by atoms with E-state index in [1.54, 1.807) is 6.92 Å². The molecule has 3 aliphatic rings. The summed E-state index contributed by atoms with van der Waals surface area (Å²) in [5, 5.41) is 3.30. The zero-order valence-electron chi connectivity index (χ0n) is 12.7. The Labute approximate surface area is 116 Å². The summed E-state index contributed by atoms with van der Waals surface area (Å²) in [6.07, 6.45) is 5.22. The molecule has 0 aromatic heterocycles. The third-order valence-electron chi connectivity index (χ3n) is 6.37. The van der Waals surface area contributed by atoms with E-state index in [2.05, 4.69) is 26.1 Å². The fourth-order valence-electron chi connectivity index (χ4n) is 5.52. The van der Waals surface area contributed by atoms with Crippen LogP contribution in [0.3, 0.4) is 0 Å². The molecule has 108 valence electrons. The van der Waals surface area contributed by atoms with E-state index in [-0.39, 0.29) is 11.3 Å². The molecule has 1 unspecified atom stereocenters. The van der Waals surface area contributed by atoms with Crippen LogP contribution in [-0.4, -0.2) is 24.7 Å². The number of fused-ring (bicyclic) bond motifs is 1. The molecule has 1 N–H and O–H groups in total. The minimum absolute atomic E-state index is 0.123. The van der Waals surface area contributed by atoms with E-state index >= 15 is 0 Å². The number of rotatable bonds is 2. The lowest BCUT2D eigenvalue weighted by Gasteiger charge is -2.53. The second kappa shape index (κ2) is 4.21. The molecule has 3 nitrogen and oxygen atoms in total. The van der Waals surface area contributed by atoms with Crippen molar-refractivity contribution in [3.8, 4) is 0 Å². The minimum Gasteiger partial charge on any atom is -0.378 e. The number of ether oxygens (including phenoxy) is 1. The molecule has 3 heteroatoms. The maximum absolute atomic E-state index is 11.6. The lowest BCUT2D eigenvalue weighted by molar-refractivity contribution is -0.135. The quantitative estimate of drug-likeness (QED) is 0.833. The van der Waals surface area contributed by atoms with E-state index in [4.69, 9.17) is 4.74 Å². The monoisotopic (exact) mass is 265 g/mol. The van der Waals surface area contributed by atoms with Crippen molar-refractivity contribution in [1.29, 1.82) is 0 Å². The van der Waals surface area contributed by atoms with Gasteiger partial charge in [-0.25, -0.2) is 0 Å². The number of hydrogen-bond acceptors (Lipinski definition) is 2. The highest BCUT2D eigenvalue weighted by Crippen LogP contribution is 2.68. The van der Waals surface area contributed by atoms with Crippen LogP contribution in [-0.2, 0) is 9.53 Å². The molecule has 0 radical (unpaired) electrons. The highest BCUT2D eigenvalue weighted by molar-refractivity contribution is 5.73. The van der Waals surface area contributed by atoms with Crippen molar-refractivity contribution in [2.24, 2.45) is 22.7 Å². The third-order valence-corrected chi connectivity index (χ3v) is 6.37. The molecule has 1 spiro atoms. The molecule has 0 aromatic rings. The van der Waals surface area contributed by atoms with Gasteiger partial charge in [0, 0.05) is 19.6 Å². The van der Waals surface area contributed by atoms with Crippen LogP contribution < -0.4 is 5.32 Å². The highest BCUT2D eigenvalue weighted by Gasteiger charge is 2.68. The second-order valence-electron chi connectivity index (χ2n) is 7.50. The van der Waals surface area contributed by atoms with E-state index < -0.39 is 0 Å². The number of hydrogen-bond donors (Lipinski definition) is 1. The summed E-state index contributed by atoms with van der Waals surface area (Å²) >= 11 is 0. The fourth-order valence-corrected chi connectivity index (χ4v) is 5.52. The number of nitrogens with one attached hydrogen (secondary N) is 1. The van der Waals surface area contributed by atoms with E-state index in [9.17, 15) is 4.79 Å². The Morgan fingerprint density at radius 1 is 1.42 bits per heavy atom. The van der Waals surface area contributed by atoms with Gasteiger partial charge < -0.3 is 10.1 Å². The van der Waals surface area contributed by atoms with Gasteiger partial charge in [-0.3, -0.25) is 4.79 Å². The average Bonchev–Trinajstić information content (AvgIpc) is 2.82. The van der Waals surface area contributed by atoms with Gasteiger partial charge in [-0.2, -0.15) is 0 Å². The Hall–Kier alpha value is -0.570. The summed E-state index contributed by atoms with van der Waals surface area (Å²) in [5.41, 5.74) is 0.538. The van der Waals surface area contributed by atoms with E-state index in [0.717, 1.165) is 25.4 Å². The Morgan fingerprint density at radius 2 is 2.16 bits per heavy atom. The van der Waals surface area contributed by atoms with Gasteiger partial charge in [0.25, 0.3) is 0 Å². The van der Waals surface area contributed by atoms with Crippen LogP contribution in [0.15, 0.2) is 0 Å². The van der Waals surface area contributed by atoms with Crippen molar-refractivity contribution in [3.05, 3.63) is 0 Å². The van der Waals surface area contributed by atoms with Crippen molar-refractivity contribution >= 4 is 5.91 Å². The Balaban J connectivity index is 1.96. The first-order valence-electron chi connectivity index (χ1n) is 7.80. The highest BCUT2D eigenvalue weighted by atomic mass is 16.5. The molecule has 19 heavy (non-hydrogen) atoms. The van der Waals surface area contributed by atoms with Gasteiger partial charge in [-0.15, -0.1) is 0 Å². The number of amides is 1. The van der Waals surface area contributed by atoms with Crippen molar-refractivity contribution in [3.63, 3.8) is 0 Å². The van der Waals surface area contributed by atoms with E-state index in [0.29, 0.717) is 23.5 Å². The Kier molecular flexibility index (Phi) is 2.97. The first kappa shape index (κ1) is 13.4. The normalized spacial score (nSPS) is 46.9. The first-order valence-corrected chi connectivity index (χ1v) is 7.80. The Bertz CT molecular complexity index is 392. The van der Waals surface area contributed by atoms with Crippen LogP contribution in [0.4, 0.5) is 0 Å². The topological polar surface area (TPSA) is 38.3 Å². The SMILES string of the molecule is CC[C@H]1OCCC23C[C@@H](C[C@H]12)C(C)(C)[C@@H]3NC(C)=O. The predicted octanol–water partition coefficient (Wildman–Crippen LogP) is 2.74. The van der Waals surface area contributed by atoms with Gasteiger partial charge in [0.15, 0.2) is 0 Å². The van der Waals surface area contributed by atoms with Crippen LogP contribution in [0, 0.1) is 22.7 Å². The second-order valence-corrected chi connectivity index (χ2v) is 7.50. The molecule has 1 heterocycles. The zero-order chi connectivity index (χ0) is 13.8. The van der Waals surface area contributed by atoms with Crippen molar-refractivity contribution in [2.45, 2.75) is 65.5 Å². The molecule has 1 amide bonds. The van der Waals surface area contributed by atoms with Gasteiger partial charge in [-0.1, -0.05) is 20.8 Å². The largest absolute Gasteiger partial charge is 0.378 e. The molecule has 0 aromatic carbocycles. The van der Waals surface area contributed by atoms with Gasteiger partial charge in [0.1, 0.15) is 0 Å². The van der Waals surface area contributed by atoms with Crippen molar-refractivity contribution in [1.82, 2.24) is 5.32 Å². The van der Waals surface area contributed by atoms with Crippen LogP contribution in [0.5, 0.6) is 0 Å². The van der Waals surface area contributed by atoms with Crippen LogP contribution >= 0.6 is 0 Å². The van der Waals surface area contributed by atoms with Crippen molar-refractivity contribution in [2.75, 3.05) is 6.61 Å². The van der Waals surface area contributed by atoms with E-state index in [1.807, 2.05) is 0 Å². The molecule has 5 atom stereocenters. The number of carbonyl (C=O) groups is 1. The van der Waals surface area contributed by atoms with Crippen molar-refractivity contribution < 1.29 is 9.53 Å². The molecule has 2 aliphatic carbocycles. The zero-order valence-corrected chi connectivity index (χ0v) is 12.7. The number of carbonyl (C=O) groups excluding carboxylic acids is 1. The molecular formula is C16H27NO2. The van der Waals surface area contributed by atoms with Gasteiger partial charge in [0.05, 0.1) is 6.10 Å². The summed E-state index contributed by atoms with van der Waals surface area (Å²) in [6.45, 7) is 9.45. The summed E-state index contributed by atoms with van der Waals surface area (Å²) in [6, 6.07) is 0.333. The van der Waals surface area contributed by atoms with Gasteiger partial charge >= 0.3 is 0 Å². The third kappa shape index (κ3) is 1.70. The maximum Gasteiger partial charge on any atom is 0.217 e. The van der Waals surface area contributed by atoms with Gasteiger partial charge in [0.2, 0.25) is 5.91 Å². The molecule has 2 saturated carbocycles. The molecule has 2 bridgehead atoms. The average molecular weight is 265 g/mol. The summed E-state index contributed by atoms with van der Waals surface area (Å²) in [4.78, 5) is 11.6.